The highest BCUT2D eigenvalue weighted by molar-refractivity contribution is 5.76. The van der Waals surface area contributed by atoms with Crippen molar-refractivity contribution >= 4 is 11.0 Å². The molecule has 6 nitrogen and oxygen atoms in total. The first-order valence-corrected chi connectivity index (χ1v) is 3.44. The molecule has 0 radical (unpaired) electrons. The van der Waals surface area contributed by atoms with Crippen LogP contribution in [0.5, 0.6) is 0 Å². The van der Waals surface area contributed by atoms with Crippen LogP contribution in [0.4, 0.5) is 0 Å². The van der Waals surface area contributed by atoms with Crippen LogP contribution in [-0.2, 0) is 0 Å². The maximum atomic E-state index is 3.82. The van der Waals surface area contributed by atoms with E-state index >= 15 is 0 Å². The molecule has 2 rings (SSSR count). The summed E-state index contributed by atoms with van der Waals surface area (Å²) in [6.45, 7) is 3.62. The van der Waals surface area contributed by atoms with Gasteiger partial charge in [0.2, 0.25) is 0 Å². The van der Waals surface area contributed by atoms with E-state index in [0.717, 1.165) is 11.4 Å². The van der Waals surface area contributed by atoms with Crippen LogP contribution in [0.25, 0.3) is 11.0 Å². The molecule has 6 heteroatoms. The molecule has 0 aliphatic heterocycles. The summed E-state index contributed by atoms with van der Waals surface area (Å²) in [7, 11) is 0. The lowest BCUT2D eigenvalue weighted by Crippen LogP contribution is -2.00. The smallest absolute Gasteiger partial charge is 0.133 e. The molecular formula is C6H6N6. The van der Waals surface area contributed by atoms with E-state index in [-0.39, 0.29) is 0 Å². The quantitative estimate of drug-likeness (QED) is 0.535. The van der Waals surface area contributed by atoms with Gasteiger partial charge in [0.15, 0.2) is 0 Å². The second-order valence-corrected chi connectivity index (χ2v) is 2.45. The van der Waals surface area contributed by atoms with Crippen molar-refractivity contribution in [3.8, 4) is 0 Å². The standard InChI is InChI=1S/C6H6N6/c1-3-5-6(10-11-7-3)4(2)8-12-9-5/h1-2H3. The molecule has 0 saturated carbocycles. The summed E-state index contributed by atoms with van der Waals surface area (Å²) in [5, 5.41) is 22.3. The van der Waals surface area contributed by atoms with Crippen LogP contribution in [0, 0.1) is 13.8 Å². The van der Waals surface area contributed by atoms with Crippen LogP contribution in [0.2, 0.25) is 0 Å². The minimum atomic E-state index is 0.664. The van der Waals surface area contributed by atoms with Crippen molar-refractivity contribution in [3.63, 3.8) is 0 Å². The Morgan fingerprint density at radius 1 is 0.667 bits per heavy atom. The Hall–Kier alpha value is -1.72. The summed E-state index contributed by atoms with van der Waals surface area (Å²) in [4.78, 5) is 0. The van der Waals surface area contributed by atoms with Crippen molar-refractivity contribution in [2.75, 3.05) is 0 Å². The van der Waals surface area contributed by atoms with Crippen LogP contribution in [0.15, 0.2) is 0 Å². The Bertz CT molecular complexity index is 384. The molecule has 0 amide bonds. The monoisotopic (exact) mass is 162 g/mol. The van der Waals surface area contributed by atoms with Crippen LogP contribution in [0.1, 0.15) is 11.4 Å². The molecule has 0 bridgehead atoms. The van der Waals surface area contributed by atoms with E-state index in [1.165, 1.54) is 0 Å². The zero-order valence-electron chi connectivity index (χ0n) is 6.68. The van der Waals surface area contributed by atoms with Crippen LogP contribution in [-0.4, -0.2) is 30.8 Å². The van der Waals surface area contributed by atoms with E-state index in [9.17, 15) is 0 Å². The summed E-state index contributed by atoms with van der Waals surface area (Å²) in [6.07, 6.45) is 0. The molecule has 0 N–H and O–H groups in total. The van der Waals surface area contributed by atoms with E-state index in [1.54, 1.807) is 0 Å². The van der Waals surface area contributed by atoms with E-state index in [0.29, 0.717) is 11.0 Å². The SMILES string of the molecule is Cc1nnnc2c(C)nnnc12. The number of nitrogens with zero attached hydrogens (tertiary/aromatic N) is 6. The average Bonchev–Trinajstić information content (AvgIpc) is 2.07. The van der Waals surface area contributed by atoms with Crippen LogP contribution >= 0.6 is 0 Å². The van der Waals surface area contributed by atoms with Gasteiger partial charge in [-0.3, -0.25) is 0 Å². The minimum absolute atomic E-state index is 0.664. The Morgan fingerprint density at radius 3 is 1.50 bits per heavy atom. The molecule has 0 aromatic carbocycles. The van der Waals surface area contributed by atoms with E-state index < -0.39 is 0 Å². The van der Waals surface area contributed by atoms with Gasteiger partial charge in [-0.2, -0.15) is 0 Å². The van der Waals surface area contributed by atoms with Crippen molar-refractivity contribution in [1.29, 1.82) is 0 Å². The first-order valence-electron chi connectivity index (χ1n) is 3.44. The fourth-order valence-corrected chi connectivity index (χ4v) is 0.945. The highest BCUT2D eigenvalue weighted by Crippen LogP contribution is 2.09. The third-order valence-electron chi connectivity index (χ3n) is 1.59. The second kappa shape index (κ2) is 2.40. The third-order valence-corrected chi connectivity index (χ3v) is 1.59. The van der Waals surface area contributed by atoms with Gasteiger partial charge in [0.25, 0.3) is 0 Å². The first-order chi connectivity index (χ1) is 5.79. The molecule has 0 saturated heterocycles. The van der Waals surface area contributed by atoms with E-state index in [2.05, 4.69) is 30.8 Å². The number of aryl methyl sites for hydroxylation is 2. The molecule has 2 aromatic heterocycles. The lowest BCUT2D eigenvalue weighted by molar-refractivity contribution is 0.814. The molecule has 0 unspecified atom stereocenters. The Labute approximate surface area is 68.0 Å². The first kappa shape index (κ1) is 6.96. The molecule has 0 spiro atoms. The van der Waals surface area contributed by atoms with Gasteiger partial charge in [0.1, 0.15) is 11.0 Å². The van der Waals surface area contributed by atoms with Crippen molar-refractivity contribution in [2.45, 2.75) is 13.8 Å². The maximum absolute atomic E-state index is 3.82. The normalized spacial score (nSPS) is 10.5. The largest absolute Gasteiger partial charge is 0.140 e. The zero-order chi connectivity index (χ0) is 8.55. The Morgan fingerprint density at radius 2 is 1.08 bits per heavy atom. The number of hydrogen-bond donors (Lipinski definition) is 0. The molecule has 0 aliphatic carbocycles. The lowest BCUT2D eigenvalue weighted by atomic mass is 10.3. The van der Waals surface area contributed by atoms with Crippen LogP contribution < -0.4 is 0 Å². The Balaban J connectivity index is 2.94. The highest BCUT2D eigenvalue weighted by Gasteiger charge is 2.05. The average molecular weight is 162 g/mol. The zero-order valence-corrected chi connectivity index (χ0v) is 6.68. The third kappa shape index (κ3) is 0.884. The van der Waals surface area contributed by atoms with Crippen molar-refractivity contribution in [1.82, 2.24) is 30.8 Å². The lowest BCUT2D eigenvalue weighted by Gasteiger charge is -1.96. The van der Waals surface area contributed by atoms with Gasteiger partial charge < -0.3 is 0 Å². The van der Waals surface area contributed by atoms with Gasteiger partial charge >= 0.3 is 0 Å². The number of aromatic nitrogens is 6. The van der Waals surface area contributed by atoms with Gasteiger partial charge in [-0.25, -0.2) is 0 Å². The minimum Gasteiger partial charge on any atom is -0.133 e. The fraction of sp³-hybridized carbons (Fsp3) is 0.333. The summed E-state index contributed by atoms with van der Waals surface area (Å²) in [5.74, 6) is 0. The predicted octanol–water partition coefficient (Wildman–Crippen LogP) is -0.173. The van der Waals surface area contributed by atoms with Crippen LogP contribution in [0.3, 0.4) is 0 Å². The molecule has 2 heterocycles. The maximum Gasteiger partial charge on any atom is 0.140 e. The molecule has 0 aliphatic rings. The second-order valence-electron chi connectivity index (χ2n) is 2.45. The fourth-order valence-electron chi connectivity index (χ4n) is 0.945. The van der Waals surface area contributed by atoms with Crippen molar-refractivity contribution < 1.29 is 0 Å². The molecule has 0 atom stereocenters. The Kier molecular flexibility index (Phi) is 1.39. The summed E-state index contributed by atoms with van der Waals surface area (Å²) >= 11 is 0. The van der Waals surface area contributed by atoms with Gasteiger partial charge in [0, 0.05) is 0 Å². The number of rotatable bonds is 0. The summed E-state index contributed by atoms with van der Waals surface area (Å²) in [5.41, 5.74) is 2.77. The highest BCUT2D eigenvalue weighted by atomic mass is 15.4. The van der Waals surface area contributed by atoms with Gasteiger partial charge in [-0.05, 0) is 24.3 Å². The van der Waals surface area contributed by atoms with Crippen molar-refractivity contribution in [3.05, 3.63) is 11.4 Å². The van der Waals surface area contributed by atoms with E-state index in [1.807, 2.05) is 13.8 Å². The predicted molar refractivity (Wildman–Crippen MR) is 40.2 cm³/mol. The molecule has 0 fully saturated rings. The summed E-state index contributed by atoms with van der Waals surface area (Å²) < 4.78 is 0. The van der Waals surface area contributed by atoms with Gasteiger partial charge in [-0.15, -0.1) is 20.4 Å². The molecule has 60 valence electrons. The molecule has 2 aromatic rings. The topological polar surface area (TPSA) is 77.3 Å². The van der Waals surface area contributed by atoms with Gasteiger partial charge in [0.05, 0.1) is 11.4 Å². The molecule has 12 heavy (non-hydrogen) atoms. The number of hydrogen-bond acceptors (Lipinski definition) is 6. The van der Waals surface area contributed by atoms with Crippen molar-refractivity contribution in [2.24, 2.45) is 0 Å². The summed E-state index contributed by atoms with van der Waals surface area (Å²) in [6, 6.07) is 0. The number of fused-ring (bicyclic) bond motifs is 1. The van der Waals surface area contributed by atoms with E-state index in [4.69, 9.17) is 0 Å². The molecular weight excluding hydrogens is 156 g/mol. The van der Waals surface area contributed by atoms with Gasteiger partial charge in [-0.1, -0.05) is 0 Å².